The van der Waals surface area contributed by atoms with Crippen LogP contribution in [-0.2, 0) is 4.79 Å². The topological polar surface area (TPSA) is 68.5 Å². The summed E-state index contributed by atoms with van der Waals surface area (Å²) in [7, 11) is 0. The number of para-hydroxylation sites is 2. The molecular weight excluding hydrogens is 378 g/mol. The fourth-order valence-corrected chi connectivity index (χ4v) is 3.14. The smallest absolute Gasteiger partial charge is 0.344 e. The molecule has 0 aliphatic heterocycles. The standard InChI is InChI=1S/C25H21NO4/c1-25(2,30-20-12-4-3-5-13-20)24(28)26-19-11-8-10-17(15-19)21-16-18-9-6-7-14-22(18)29-23(21)27/h3-16H,1-2H3,(H,26,28). The van der Waals surface area contributed by atoms with E-state index >= 15 is 0 Å². The molecule has 5 heteroatoms. The van der Waals surface area contributed by atoms with Crippen LogP contribution < -0.4 is 15.7 Å². The minimum atomic E-state index is -1.08. The SMILES string of the molecule is CC(C)(Oc1ccccc1)C(=O)Nc1cccc(-c2cc3ccccc3oc2=O)c1. The van der Waals surface area contributed by atoms with Crippen LogP contribution in [0.2, 0.25) is 0 Å². The molecule has 0 saturated carbocycles. The third-order valence-corrected chi connectivity index (χ3v) is 4.74. The number of fused-ring (bicyclic) bond motifs is 1. The Bertz CT molecular complexity index is 1260. The molecule has 0 atom stereocenters. The van der Waals surface area contributed by atoms with Crippen molar-refractivity contribution < 1.29 is 13.9 Å². The Hall–Kier alpha value is -3.86. The summed E-state index contributed by atoms with van der Waals surface area (Å²) >= 11 is 0. The van der Waals surface area contributed by atoms with Gasteiger partial charge in [-0.15, -0.1) is 0 Å². The lowest BCUT2D eigenvalue weighted by Crippen LogP contribution is -2.42. The first-order valence-corrected chi connectivity index (χ1v) is 9.61. The first kappa shape index (κ1) is 19.5. The second-order valence-corrected chi connectivity index (χ2v) is 7.45. The zero-order chi connectivity index (χ0) is 21.1. The molecule has 4 rings (SSSR count). The molecule has 150 valence electrons. The summed E-state index contributed by atoms with van der Waals surface area (Å²) in [6.45, 7) is 3.41. The Balaban J connectivity index is 1.59. The van der Waals surface area contributed by atoms with E-state index in [-0.39, 0.29) is 5.91 Å². The number of nitrogens with one attached hydrogen (secondary N) is 1. The number of hydrogen-bond acceptors (Lipinski definition) is 4. The van der Waals surface area contributed by atoms with Gasteiger partial charge in [0.2, 0.25) is 0 Å². The van der Waals surface area contributed by atoms with Gasteiger partial charge in [0, 0.05) is 11.1 Å². The van der Waals surface area contributed by atoms with Crippen LogP contribution in [0.5, 0.6) is 5.75 Å². The van der Waals surface area contributed by atoms with Gasteiger partial charge in [0.05, 0.1) is 5.56 Å². The van der Waals surface area contributed by atoms with E-state index in [9.17, 15) is 9.59 Å². The zero-order valence-corrected chi connectivity index (χ0v) is 16.7. The van der Waals surface area contributed by atoms with Gasteiger partial charge in [0.15, 0.2) is 5.60 Å². The minimum absolute atomic E-state index is 0.297. The molecule has 0 unspecified atom stereocenters. The first-order valence-electron chi connectivity index (χ1n) is 9.61. The van der Waals surface area contributed by atoms with E-state index in [1.807, 2.05) is 42.5 Å². The fraction of sp³-hybridized carbons (Fsp3) is 0.120. The molecule has 0 aliphatic carbocycles. The molecule has 1 N–H and O–H groups in total. The zero-order valence-electron chi connectivity index (χ0n) is 16.7. The van der Waals surface area contributed by atoms with Crippen molar-refractivity contribution in [2.75, 3.05) is 5.32 Å². The summed E-state index contributed by atoms with van der Waals surface area (Å²) in [4.78, 5) is 25.3. The molecule has 0 saturated heterocycles. The van der Waals surface area contributed by atoms with Crippen LogP contribution in [0, 0.1) is 0 Å². The number of anilines is 1. The van der Waals surface area contributed by atoms with Crippen molar-refractivity contribution in [1.82, 2.24) is 0 Å². The van der Waals surface area contributed by atoms with E-state index < -0.39 is 11.2 Å². The Morgan fingerprint density at radius 3 is 2.43 bits per heavy atom. The second-order valence-electron chi connectivity index (χ2n) is 7.45. The molecular formula is C25H21NO4. The van der Waals surface area contributed by atoms with E-state index in [1.54, 1.807) is 56.3 Å². The fourth-order valence-electron chi connectivity index (χ4n) is 3.14. The van der Waals surface area contributed by atoms with Crippen LogP contribution in [0.1, 0.15) is 13.8 Å². The maximum Gasteiger partial charge on any atom is 0.344 e. The molecule has 0 spiro atoms. The van der Waals surface area contributed by atoms with Gasteiger partial charge in [-0.1, -0.05) is 48.5 Å². The largest absolute Gasteiger partial charge is 0.478 e. The maximum atomic E-state index is 12.8. The lowest BCUT2D eigenvalue weighted by Gasteiger charge is -2.25. The molecule has 0 aliphatic rings. The average Bonchev–Trinajstić information content (AvgIpc) is 2.74. The Morgan fingerprint density at radius 1 is 0.900 bits per heavy atom. The normalized spacial score (nSPS) is 11.3. The molecule has 0 fully saturated rings. The van der Waals surface area contributed by atoms with Crippen molar-refractivity contribution in [3.8, 4) is 16.9 Å². The number of hydrogen-bond donors (Lipinski definition) is 1. The van der Waals surface area contributed by atoms with Gasteiger partial charge in [0.25, 0.3) is 5.91 Å². The molecule has 3 aromatic carbocycles. The number of amides is 1. The van der Waals surface area contributed by atoms with Crippen LogP contribution >= 0.6 is 0 Å². The molecule has 1 heterocycles. The number of carbonyl (C=O) groups excluding carboxylic acids is 1. The summed E-state index contributed by atoms with van der Waals surface area (Å²) in [6, 6.07) is 25.4. The highest BCUT2D eigenvalue weighted by atomic mass is 16.5. The van der Waals surface area contributed by atoms with Crippen LogP contribution in [-0.4, -0.2) is 11.5 Å². The summed E-state index contributed by atoms with van der Waals surface area (Å²) in [5.41, 5.74) is 0.688. The molecule has 0 radical (unpaired) electrons. The molecule has 4 aromatic rings. The Kier molecular flexibility index (Phi) is 5.11. The quantitative estimate of drug-likeness (QED) is 0.465. The van der Waals surface area contributed by atoms with Crippen molar-refractivity contribution in [2.45, 2.75) is 19.4 Å². The van der Waals surface area contributed by atoms with Crippen molar-refractivity contribution in [1.29, 1.82) is 0 Å². The van der Waals surface area contributed by atoms with Gasteiger partial charge >= 0.3 is 5.63 Å². The average molecular weight is 399 g/mol. The number of rotatable bonds is 5. The first-order chi connectivity index (χ1) is 14.4. The minimum Gasteiger partial charge on any atom is -0.478 e. The molecule has 0 bridgehead atoms. The van der Waals surface area contributed by atoms with Crippen LogP contribution in [0.15, 0.2) is 94.1 Å². The summed E-state index contributed by atoms with van der Waals surface area (Å²) in [5, 5.41) is 3.70. The highest BCUT2D eigenvalue weighted by Crippen LogP contribution is 2.25. The van der Waals surface area contributed by atoms with Crippen molar-refractivity contribution in [2.24, 2.45) is 0 Å². The predicted molar refractivity (Wildman–Crippen MR) is 118 cm³/mol. The number of carbonyl (C=O) groups is 1. The molecule has 1 amide bonds. The van der Waals surface area contributed by atoms with Crippen molar-refractivity contribution >= 4 is 22.6 Å². The predicted octanol–water partition coefficient (Wildman–Crippen LogP) is 5.26. The number of ether oxygens (including phenoxy) is 1. The lowest BCUT2D eigenvalue weighted by molar-refractivity contribution is -0.128. The van der Waals surface area contributed by atoms with E-state index in [0.717, 1.165) is 5.39 Å². The Labute approximate surface area is 173 Å². The van der Waals surface area contributed by atoms with E-state index in [4.69, 9.17) is 9.15 Å². The summed E-state index contributed by atoms with van der Waals surface area (Å²) in [6.07, 6.45) is 0. The van der Waals surface area contributed by atoms with Crippen LogP contribution in [0.4, 0.5) is 5.69 Å². The van der Waals surface area contributed by atoms with Gasteiger partial charge in [-0.25, -0.2) is 4.79 Å². The van der Waals surface area contributed by atoms with Crippen molar-refractivity contribution in [3.63, 3.8) is 0 Å². The molecule has 1 aromatic heterocycles. The van der Waals surface area contributed by atoms with Crippen LogP contribution in [0.3, 0.4) is 0 Å². The van der Waals surface area contributed by atoms with Gasteiger partial charge in [-0.2, -0.15) is 0 Å². The van der Waals surface area contributed by atoms with Gasteiger partial charge in [-0.3, -0.25) is 4.79 Å². The highest BCUT2D eigenvalue weighted by Gasteiger charge is 2.30. The monoisotopic (exact) mass is 399 g/mol. The second kappa shape index (κ2) is 7.87. The lowest BCUT2D eigenvalue weighted by atomic mass is 10.0. The summed E-state index contributed by atoms with van der Waals surface area (Å²) < 4.78 is 11.3. The van der Waals surface area contributed by atoms with E-state index in [0.29, 0.717) is 28.1 Å². The van der Waals surface area contributed by atoms with E-state index in [2.05, 4.69) is 5.32 Å². The van der Waals surface area contributed by atoms with Gasteiger partial charge < -0.3 is 14.5 Å². The van der Waals surface area contributed by atoms with Gasteiger partial charge in [-0.05, 0) is 55.8 Å². The van der Waals surface area contributed by atoms with Crippen LogP contribution in [0.25, 0.3) is 22.1 Å². The van der Waals surface area contributed by atoms with Crippen molar-refractivity contribution in [3.05, 3.63) is 95.3 Å². The van der Waals surface area contributed by atoms with E-state index in [1.165, 1.54) is 0 Å². The third kappa shape index (κ3) is 4.10. The third-order valence-electron chi connectivity index (χ3n) is 4.74. The molecule has 30 heavy (non-hydrogen) atoms. The highest BCUT2D eigenvalue weighted by molar-refractivity contribution is 5.97. The molecule has 5 nitrogen and oxygen atoms in total. The maximum absolute atomic E-state index is 12.8. The Morgan fingerprint density at radius 2 is 1.63 bits per heavy atom. The summed E-state index contributed by atoms with van der Waals surface area (Å²) in [5.74, 6) is 0.314. The number of benzene rings is 3. The van der Waals surface area contributed by atoms with Gasteiger partial charge in [0.1, 0.15) is 11.3 Å².